The van der Waals surface area contributed by atoms with Gasteiger partial charge < -0.3 is 4.57 Å². The second kappa shape index (κ2) is 8.48. The Balaban J connectivity index is 1.44. The molecule has 0 radical (unpaired) electrons. The molecule has 5 aromatic rings. The summed E-state index contributed by atoms with van der Waals surface area (Å²) < 4.78 is 5.82. The highest BCUT2D eigenvalue weighted by molar-refractivity contribution is 7.99. The van der Waals surface area contributed by atoms with E-state index in [-0.39, 0.29) is 17.1 Å². The van der Waals surface area contributed by atoms with Gasteiger partial charge in [0.1, 0.15) is 0 Å². The molecule has 1 aliphatic carbocycles. The standard InChI is InChI=1S/C28H27N5O2S/c1-16-9-10-17(2)24(13-16)32-26(35)21-7-5-6-8-23(21)33-27(32)29-30-28(33)36-15-25(34)22-14-18(3)31(19(22)4)20-11-12-20/h5-10,13-14,20H,11-12,15H2,1-4H3. The Morgan fingerprint density at radius 3 is 2.58 bits per heavy atom. The summed E-state index contributed by atoms with van der Waals surface area (Å²) in [5.41, 5.74) is 6.35. The third-order valence-electron chi connectivity index (χ3n) is 7.03. The number of Topliss-reactive ketones (excluding diaryl/α,β-unsaturated/α-hetero) is 1. The van der Waals surface area contributed by atoms with Gasteiger partial charge in [-0.05, 0) is 75.9 Å². The lowest BCUT2D eigenvalue weighted by atomic mass is 10.1. The molecule has 0 amide bonds. The van der Waals surface area contributed by atoms with Gasteiger partial charge in [-0.3, -0.25) is 14.0 Å². The van der Waals surface area contributed by atoms with Crippen LogP contribution in [0.1, 0.15) is 51.8 Å². The van der Waals surface area contributed by atoms with Gasteiger partial charge in [0.05, 0.1) is 22.3 Å². The molecule has 1 saturated carbocycles. The van der Waals surface area contributed by atoms with Crippen LogP contribution in [0.25, 0.3) is 22.4 Å². The number of carbonyl (C=O) groups is 1. The number of ketones is 1. The Morgan fingerprint density at radius 1 is 1.03 bits per heavy atom. The predicted octanol–water partition coefficient (Wildman–Crippen LogP) is 5.38. The summed E-state index contributed by atoms with van der Waals surface area (Å²) in [5.74, 6) is 0.755. The Morgan fingerprint density at radius 2 is 1.81 bits per heavy atom. The fourth-order valence-corrected chi connectivity index (χ4v) is 5.93. The summed E-state index contributed by atoms with van der Waals surface area (Å²) in [5, 5.41) is 10.0. The van der Waals surface area contributed by atoms with Crippen LogP contribution in [0, 0.1) is 27.7 Å². The minimum atomic E-state index is -0.139. The SMILES string of the molecule is Cc1ccc(C)c(-n2c(=O)c3ccccc3n3c(SCC(=O)c4cc(C)n(C5CC5)c4C)nnc23)c1. The van der Waals surface area contributed by atoms with Crippen LogP contribution in [0.3, 0.4) is 0 Å². The maximum Gasteiger partial charge on any atom is 0.267 e. The number of rotatable bonds is 6. The van der Waals surface area contributed by atoms with Crippen molar-refractivity contribution < 1.29 is 4.79 Å². The monoisotopic (exact) mass is 497 g/mol. The topological polar surface area (TPSA) is 74.2 Å². The quantitative estimate of drug-likeness (QED) is 0.233. The summed E-state index contributed by atoms with van der Waals surface area (Å²) in [6.45, 7) is 8.09. The van der Waals surface area contributed by atoms with Crippen molar-refractivity contribution in [1.82, 2.24) is 23.7 Å². The third-order valence-corrected chi connectivity index (χ3v) is 7.96. The summed E-state index contributed by atoms with van der Waals surface area (Å²) in [6.07, 6.45) is 2.36. The van der Waals surface area contributed by atoms with Crippen molar-refractivity contribution in [2.75, 3.05) is 5.75 Å². The van der Waals surface area contributed by atoms with E-state index in [9.17, 15) is 9.59 Å². The minimum absolute atomic E-state index is 0.0731. The van der Waals surface area contributed by atoms with Crippen molar-refractivity contribution in [1.29, 1.82) is 0 Å². The number of aromatic nitrogens is 5. The maximum absolute atomic E-state index is 13.6. The molecule has 0 unspecified atom stereocenters. The highest BCUT2D eigenvalue weighted by atomic mass is 32.2. The lowest BCUT2D eigenvalue weighted by Crippen LogP contribution is -2.22. The number of hydrogen-bond acceptors (Lipinski definition) is 5. The highest BCUT2D eigenvalue weighted by Gasteiger charge is 2.28. The number of aryl methyl sites for hydroxylation is 3. The average molecular weight is 498 g/mol. The fourth-order valence-electron chi connectivity index (χ4n) is 5.11. The van der Waals surface area contributed by atoms with Crippen LogP contribution in [-0.4, -0.2) is 35.3 Å². The molecule has 0 aliphatic heterocycles. The van der Waals surface area contributed by atoms with Crippen molar-refractivity contribution in [3.05, 3.63) is 87.0 Å². The van der Waals surface area contributed by atoms with Crippen LogP contribution in [0.15, 0.2) is 58.5 Å². The first-order valence-corrected chi connectivity index (χ1v) is 13.1. The van der Waals surface area contributed by atoms with Gasteiger partial charge in [-0.25, -0.2) is 4.57 Å². The second-order valence-corrected chi connectivity index (χ2v) is 10.6. The Bertz CT molecular complexity index is 1740. The fraction of sp³-hybridized carbons (Fsp3) is 0.286. The Kier molecular flexibility index (Phi) is 5.37. The number of thioether (sulfide) groups is 1. The van der Waals surface area contributed by atoms with E-state index < -0.39 is 0 Å². The molecule has 1 aliphatic rings. The number of hydrogen-bond donors (Lipinski definition) is 0. The van der Waals surface area contributed by atoms with Gasteiger partial charge in [0.15, 0.2) is 10.9 Å². The van der Waals surface area contributed by atoms with Gasteiger partial charge >= 0.3 is 0 Å². The lowest BCUT2D eigenvalue weighted by Gasteiger charge is -2.14. The second-order valence-electron chi connectivity index (χ2n) is 9.66. The summed E-state index contributed by atoms with van der Waals surface area (Å²) >= 11 is 1.35. The van der Waals surface area contributed by atoms with Gasteiger partial charge in [0.2, 0.25) is 5.78 Å². The van der Waals surface area contributed by atoms with Crippen molar-refractivity contribution in [2.24, 2.45) is 0 Å². The molecule has 0 saturated heterocycles. The minimum Gasteiger partial charge on any atom is -0.345 e. The number of benzene rings is 2. The molecule has 0 atom stereocenters. The van der Waals surface area contributed by atoms with E-state index in [1.54, 1.807) is 4.57 Å². The Hall–Kier alpha value is -3.65. The van der Waals surface area contributed by atoms with Crippen molar-refractivity contribution in [3.8, 4) is 5.69 Å². The molecule has 8 heteroatoms. The number of nitrogens with zero attached hydrogens (tertiary/aromatic N) is 5. The summed E-state index contributed by atoms with van der Waals surface area (Å²) in [6, 6.07) is 16.0. The van der Waals surface area contributed by atoms with Crippen LogP contribution >= 0.6 is 11.8 Å². The third kappa shape index (κ3) is 3.59. The van der Waals surface area contributed by atoms with Gasteiger partial charge in [-0.1, -0.05) is 36.0 Å². The van der Waals surface area contributed by atoms with E-state index in [0.717, 1.165) is 39.3 Å². The molecule has 36 heavy (non-hydrogen) atoms. The molecule has 7 nitrogen and oxygen atoms in total. The van der Waals surface area contributed by atoms with Crippen LogP contribution < -0.4 is 5.56 Å². The highest BCUT2D eigenvalue weighted by Crippen LogP contribution is 2.38. The van der Waals surface area contributed by atoms with Crippen LogP contribution in [0.4, 0.5) is 0 Å². The van der Waals surface area contributed by atoms with Crippen molar-refractivity contribution in [2.45, 2.75) is 51.7 Å². The first-order valence-electron chi connectivity index (χ1n) is 12.2. The largest absolute Gasteiger partial charge is 0.345 e. The molecule has 182 valence electrons. The summed E-state index contributed by atoms with van der Waals surface area (Å²) in [7, 11) is 0. The van der Waals surface area contributed by atoms with Gasteiger partial charge in [-0.2, -0.15) is 0 Å². The van der Waals surface area contributed by atoms with Crippen molar-refractivity contribution >= 4 is 34.2 Å². The maximum atomic E-state index is 13.6. The molecule has 1 fully saturated rings. The van der Waals surface area contributed by atoms with E-state index in [0.29, 0.717) is 22.4 Å². The molecule has 0 bridgehead atoms. The summed E-state index contributed by atoms with van der Waals surface area (Å²) in [4.78, 5) is 26.9. The molecule has 6 rings (SSSR count). The number of fused-ring (bicyclic) bond motifs is 3. The number of carbonyl (C=O) groups excluding carboxylic acids is 1. The molecule has 2 aromatic carbocycles. The van der Waals surface area contributed by atoms with Gasteiger partial charge in [0.25, 0.3) is 5.56 Å². The molecular formula is C28H27N5O2S. The smallest absolute Gasteiger partial charge is 0.267 e. The van der Waals surface area contributed by atoms with E-state index in [4.69, 9.17) is 0 Å². The zero-order valence-electron chi connectivity index (χ0n) is 20.8. The molecule has 3 heterocycles. The van der Waals surface area contributed by atoms with Crippen LogP contribution in [0.2, 0.25) is 0 Å². The molecule has 3 aromatic heterocycles. The first kappa shape index (κ1) is 22.8. The Labute approximate surface area is 212 Å². The number of para-hydroxylation sites is 1. The lowest BCUT2D eigenvalue weighted by molar-refractivity contribution is 0.102. The van der Waals surface area contributed by atoms with Gasteiger partial charge in [0, 0.05) is 23.0 Å². The van der Waals surface area contributed by atoms with E-state index in [2.05, 4.69) is 21.7 Å². The van der Waals surface area contributed by atoms with E-state index in [1.165, 1.54) is 24.6 Å². The average Bonchev–Trinajstić information content (AvgIpc) is 3.53. The molecule has 0 spiro atoms. The predicted molar refractivity (Wildman–Crippen MR) is 143 cm³/mol. The van der Waals surface area contributed by atoms with Crippen LogP contribution in [-0.2, 0) is 0 Å². The van der Waals surface area contributed by atoms with Crippen molar-refractivity contribution in [3.63, 3.8) is 0 Å². The zero-order chi connectivity index (χ0) is 25.1. The van der Waals surface area contributed by atoms with Crippen LogP contribution in [0.5, 0.6) is 0 Å². The first-order chi connectivity index (χ1) is 17.3. The van der Waals surface area contributed by atoms with E-state index in [1.807, 2.05) is 73.7 Å². The van der Waals surface area contributed by atoms with Gasteiger partial charge in [-0.15, -0.1) is 10.2 Å². The van der Waals surface area contributed by atoms with E-state index >= 15 is 0 Å². The normalized spacial score (nSPS) is 13.7. The zero-order valence-corrected chi connectivity index (χ0v) is 21.6. The molecule has 0 N–H and O–H groups in total. The molecular weight excluding hydrogens is 470 g/mol.